The number of thiazole rings is 1. The zero-order valence-corrected chi connectivity index (χ0v) is 21.9. The number of pyridine rings is 1. The number of halogens is 2. The maximum atomic E-state index is 14.1. The maximum absolute atomic E-state index is 14.1. The Bertz CT molecular complexity index is 1270. The van der Waals surface area contributed by atoms with Gasteiger partial charge in [0.1, 0.15) is 22.4 Å². The monoisotopic (exact) mass is 534 g/mol. The van der Waals surface area contributed by atoms with Crippen LogP contribution in [0.15, 0.2) is 12.3 Å². The summed E-state index contributed by atoms with van der Waals surface area (Å²) in [6, 6.07) is 1.11. The Balaban J connectivity index is 1.52. The Morgan fingerprint density at radius 3 is 2.65 bits per heavy atom. The number of fused-ring (bicyclic) bond motifs is 1. The van der Waals surface area contributed by atoms with Gasteiger partial charge in [0.2, 0.25) is 5.95 Å². The zero-order valence-electron chi connectivity index (χ0n) is 21.0. The number of nitrogens with one attached hydrogen (secondary N) is 2. The van der Waals surface area contributed by atoms with Crippen LogP contribution in [0.2, 0.25) is 0 Å². The lowest BCUT2D eigenvalue weighted by Gasteiger charge is -2.22. The summed E-state index contributed by atoms with van der Waals surface area (Å²) in [5.41, 5.74) is 3.12. The molecule has 3 aromatic rings. The van der Waals surface area contributed by atoms with Crippen molar-refractivity contribution >= 4 is 33.3 Å². The van der Waals surface area contributed by atoms with Crippen molar-refractivity contribution in [3.63, 3.8) is 0 Å². The van der Waals surface area contributed by atoms with E-state index in [9.17, 15) is 19.0 Å². The molecule has 37 heavy (non-hydrogen) atoms. The number of hydrogen-bond donors (Lipinski definition) is 4. The molecule has 2 aliphatic carbocycles. The summed E-state index contributed by atoms with van der Waals surface area (Å²) in [4.78, 5) is 18.7. The van der Waals surface area contributed by atoms with Gasteiger partial charge in [0.25, 0.3) is 5.92 Å². The largest absolute Gasteiger partial charge is 0.390 e. The first-order valence-corrected chi connectivity index (χ1v) is 13.5. The Morgan fingerprint density at radius 1 is 1.19 bits per heavy atom. The molecule has 200 valence electrons. The van der Waals surface area contributed by atoms with E-state index in [0.717, 1.165) is 35.7 Å². The van der Waals surface area contributed by atoms with E-state index >= 15 is 0 Å². The average Bonchev–Trinajstić information content (AvgIpc) is 3.53. The van der Waals surface area contributed by atoms with Crippen molar-refractivity contribution in [1.82, 2.24) is 19.9 Å². The van der Waals surface area contributed by atoms with Gasteiger partial charge in [0.15, 0.2) is 0 Å². The van der Waals surface area contributed by atoms with Crippen LogP contribution >= 0.6 is 11.3 Å². The van der Waals surface area contributed by atoms with Gasteiger partial charge in [0.05, 0.1) is 46.3 Å². The molecule has 2 fully saturated rings. The molecule has 0 aromatic carbocycles. The SMILES string of the molecule is CCOCCNc1nc(C)c(-c2nc3c(C4CC4)nccc3s2)c(N[C@@H]2C[C@H](C(C)(F)F)[C@@H](O)[C@H]2O)n1. The molecule has 3 heterocycles. The van der Waals surface area contributed by atoms with Gasteiger partial charge in [-0.05, 0) is 46.1 Å². The first kappa shape index (κ1) is 26.1. The minimum absolute atomic E-state index is 0.114. The molecule has 0 spiro atoms. The summed E-state index contributed by atoms with van der Waals surface area (Å²) in [6.45, 7) is 6.06. The van der Waals surface area contributed by atoms with Crippen molar-refractivity contribution < 1.29 is 23.7 Å². The lowest BCUT2D eigenvalue weighted by molar-refractivity contribution is -0.0950. The number of hydrogen-bond acceptors (Lipinski definition) is 10. The molecule has 4 atom stereocenters. The lowest BCUT2D eigenvalue weighted by Crippen LogP contribution is -2.38. The number of nitrogens with zero attached hydrogens (tertiary/aromatic N) is 4. The Morgan fingerprint density at radius 2 is 1.97 bits per heavy atom. The fourth-order valence-electron chi connectivity index (χ4n) is 4.88. The lowest BCUT2D eigenvalue weighted by atomic mass is 9.98. The molecule has 9 nitrogen and oxygen atoms in total. The van der Waals surface area contributed by atoms with Gasteiger partial charge >= 0.3 is 0 Å². The average molecular weight is 535 g/mol. The van der Waals surface area contributed by atoms with E-state index in [2.05, 4.69) is 25.6 Å². The van der Waals surface area contributed by atoms with Gasteiger partial charge in [-0.3, -0.25) is 4.98 Å². The normalized spacial score (nSPS) is 24.1. The number of rotatable bonds is 10. The highest BCUT2D eigenvalue weighted by atomic mass is 32.1. The number of ether oxygens (including phenoxy) is 1. The summed E-state index contributed by atoms with van der Waals surface area (Å²) in [6.07, 6.45) is 0.948. The van der Waals surface area contributed by atoms with Crippen LogP contribution in [0.5, 0.6) is 0 Å². The van der Waals surface area contributed by atoms with Crippen molar-refractivity contribution in [1.29, 1.82) is 0 Å². The Hall–Kier alpha value is -2.54. The van der Waals surface area contributed by atoms with E-state index in [1.54, 1.807) is 6.20 Å². The van der Waals surface area contributed by atoms with Crippen LogP contribution in [0.25, 0.3) is 20.8 Å². The van der Waals surface area contributed by atoms with Crippen molar-refractivity contribution in [2.24, 2.45) is 5.92 Å². The fourth-order valence-corrected chi connectivity index (χ4v) is 5.95. The second-order valence-electron chi connectivity index (χ2n) is 9.85. The molecule has 0 saturated heterocycles. The van der Waals surface area contributed by atoms with E-state index in [4.69, 9.17) is 9.72 Å². The third kappa shape index (κ3) is 5.38. The van der Waals surface area contributed by atoms with Crippen LogP contribution in [0.4, 0.5) is 20.5 Å². The molecule has 2 saturated carbocycles. The highest BCUT2D eigenvalue weighted by molar-refractivity contribution is 7.21. The van der Waals surface area contributed by atoms with Gasteiger partial charge in [-0.15, -0.1) is 11.3 Å². The standard InChI is InChI=1S/C25H32F2N6O3S/c1-4-36-10-9-29-24-30-12(2)17(23-32-19-16(37-23)7-8-28-18(19)13-5-6-13)22(33-24)31-15-11-14(25(3,26)27)20(34)21(15)35/h7-8,13-15,20-21,34-35H,4-6,9-11H2,1-3H3,(H2,29,30,31,33)/t14-,15+,20+,21-/m0/s1. The van der Waals surface area contributed by atoms with Crippen LogP contribution in [0.1, 0.15) is 50.4 Å². The second kappa shape index (κ2) is 10.3. The molecule has 0 unspecified atom stereocenters. The van der Waals surface area contributed by atoms with Crippen molar-refractivity contribution in [2.45, 2.75) is 70.1 Å². The van der Waals surface area contributed by atoms with Gasteiger partial charge in [0, 0.05) is 25.3 Å². The van der Waals surface area contributed by atoms with Crippen LogP contribution in [0, 0.1) is 12.8 Å². The minimum atomic E-state index is -3.13. The molecule has 3 aromatic heterocycles. The molecule has 0 radical (unpaired) electrons. The quantitative estimate of drug-likeness (QED) is 0.286. The molecule has 0 bridgehead atoms. The first-order valence-electron chi connectivity index (χ1n) is 12.6. The Kier molecular flexibility index (Phi) is 7.27. The predicted octanol–water partition coefficient (Wildman–Crippen LogP) is 3.96. The fraction of sp³-hybridized carbons (Fsp3) is 0.600. The van der Waals surface area contributed by atoms with Crippen LogP contribution in [0.3, 0.4) is 0 Å². The highest BCUT2D eigenvalue weighted by Crippen LogP contribution is 2.45. The maximum Gasteiger partial charge on any atom is 0.250 e. The third-order valence-electron chi connectivity index (χ3n) is 6.99. The van der Waals surface area contributed by atoms with Crippen LogP contribution in [-0.2, 0) is 4.74 Å². The van der Waals surface area contributed by atoms with Gasteiger partial charge in [-0.1, -0.05) is 0 Å². The second-order valence-corrected chi connectivity index (χ2v) is 10.9. The summed E-state index contributed by atoms with van der Waals surface area (Å²) in [5, 5.41) is 27.9. The van der Waals surface area contributed by atoms with E-state index < -0.39 is 30.1 Å². The number of anilines is 2. The van der Waals surface area contributed by atoms with Crippen LogP contribution < -0.4 is 10.6 Å². The van der Waals surface area contributed by atoms with Gasteiger partial charge in [-0.25, -0.2) is 18.7 Å². The van der Waals surface area contributed by atoms with Crippen molar-refractivity contribution in [2.75, 3.05) is 30.4 Å². The van der Waals surface area contributed by atoms with E-state index in [-0.39, 0.29) is 6.42 Å². The molecule has 4 N–H and O–H groups in total. The molecular formula is C25H32F2N6O3S. The van der Waals surface area contributed by atoms with Crippen molar-refractivity contribution in [3.05, 3.63) is 23.7 Å². The van der Waals surface area contributed by atoms with Gasteiger partial charge in [-0.2, -0.15) is 4.98 Å². The number of aliphatic hydroxyl groups is 2. The number of aryl methyl sites for hydroxylation is 1. The van der Waals surface area contributed by atoms with Gasteiger partial charge < -0.3 is 25.6 Å². The zero-order chi connectivity index (χ0) is 26.3. The van der Waals surface area contributed by atoms with E-state index in [0.29, 0.717) is 53.7 Å². The van der Waals surface area contributed by atoms with Crippen LogP contribution in [-0.4, -0.2) is 74.1 Å². The minimum Gasteiger partial charge on any atom is -0.390 e. The summed E-state index contributed by atoms with van der Waals surface area (Å²) >= 11 is 1.49. The molecule has 12 heteroatoms. The number of aromatic nitrogens is 4. The van der Waals surface area contributed by atoms with Crippen molar-refractivity contribution in [3.8, 4) is 10.6 Å². The topological polar surface area (TPSA) is 125 Å². The van der Waals surface area contributed by atoms with E-state index in [1.807, 2.05) is 19.9 Å². The summed E-state index contributed by atoms with van der Waals surface area (Å²) in [7, 11) is 0. The molecule has 0 aliphatic heterocycles. The third-order valence-corrected chi connectivity index (χ3v) is 8.03. The van der Waals surface area contributed by atoms with E-state index in [1.165, 1.54) is 11.3 Å². The first-order chi connectivity index (χ1) is 17.7. The number of alkyl halides is 2. The summed E-state index contributed by atoms with van der Waals surface area (Å²) in [5.74, 6) is -3.37. The predicted molar refractivity (Wildman–Crippen MR) is 138 cm³/mol. The molecule has 2 aliphatic rings. The Labute approximate surface area is 217 Å². The summed E-state index contributed by atoms with van der Waals surface area (Å²) < 4.78 is 34.6. The number of aliphatic hydroxyl groups excluding tert-OH is 2. The molecule has 0 amide bonds. The highest BCUT2D eigenvalue weighted by Gasteiger charge is 2.51. The molecular weight excluding hydrogens is 502 g/mol. The molecule has 5 rings (SSSR count). The smallest absolute Gasteiger partial charge is 0.250 e.